The SMILES string of the molecule is O=C(CCOC1CCNCC1)Nc1ncccc1O. The van der Waals surface area contributed by atoms with Crippen LogP contribution in [-0.2, 0) is 9.53 Å². The van der Waals surface area contributed by atoms with Crippen LogP contribution in [0.25, 0.3) is 0 Å². The van der Waals surface area contributed by atoms with Crippen molar-refractivity contribution >= 4 is 11.7 Å². The van der Waals surface area contributed by atoms with Gasteiger partial charge in [-0.3, -0.25) is 4.79 Å². The first kappa shape index (κ1) is 13.8. The minimum absolute atomic E-state index is 0.0323. The summed E-state index contributed by atoms with van der Waals surface area (Å²) in [5.74, 6) is -0.0487. The molecule has 2 heterocycles. The fourth-order valence-corrected chi connectivity index (χ4v) is 1.97. The van der Waals surface area contributed by atoms with Gasteiger partial charge in [-0.15, -0.1) is 0 Å². The van der Waals surface area contributed by atoms with E-state index in [2.05, 4.69) is 15.6 Å². The van der Waals surface area contributed by atoms with Crippen LogP contribution in [0.5, 0.6) is 5.75 Å². The molecule has 1 aromatic rings. The van der Waals surface area contributed by atoms with Crippen molar-refractivity contribution in [3.8, 4) is 5.75 Å². The molecule has 6 heteroatoms. The summed E-state index contributed by atoms with van der Waals surface area (Å²) in [4.78, 5) is 15.5. The summed E-state index contributed by atoms with van der Waals surface area (Å²) >= 11 is 0. The minimum atomic E-state index is -0.206. The summed E-state index contributed by atoms with van der Waals surface area (Å²) in [6.07, 6.45) is 4.00. The monoisotopic (exact) mass is 265 g/mol. The van der Waals surface area contributed by atoms with Gasteiger partial charge in [0.15, 0.2) is 11.6 Å². The first-order valence-corrected chi connectivity index (χ1v) is 6.52. The molecule has 6 nitrogen and oxygen atoms in total. The van der Waals surface area contributed by atoms with Gasteiger partial charge in [-0.25, -0.2) is 4.98 Å². The molecule has 1 aliphatic rings. The van der Waals surface area contributed by atoms with Crippen molar-refractivity contribution in [3.63, 3.8) is 0 Å². The summed E-state index contributed by atoms with van der Waals surface area (Å²) in [5, 5.41) is 15.3. The number of aromatic nitrogens is 1. The zero-order valence-electron chi connectivity index (χ0n) is 10.8. The summed E-state index contributed by atoms with van der Waals surface area (Å²) in [6, 6.07) is 3.08. The zero-order valence-corrected chi connectivity index (χ0v) is 10.8. The lowest BCUT2D eigenvalue weighted by Gasteiger charge is -2.22. The normalized spacial score (nSPS) is 16.2. The van der Waals surface area contributed by atoms with Crippen LogP contribution in [-0.4, -0.2) is 41.8 Å². The van der Waals surface area contributed by atoms with E-state index in [4.69, 9.17) is 4.74 Å². The first-order chi connectivity index (χ1) is 9.25. The van der Waals surface area contributed by atoms with Gasteiger partial charge in [-0.1, -0.05) is 0 Å². The quantitative estimate of drug-likeness (QED) is 0.736. The predicted molar refractivity (Wildman–Crippen MR) is 71.0 cm³/mol. The number of ether oxygens (including phenoxy) is 1. The standard InChI is InChI=1S/C13H19N3O3/c17-11-2-1-6-15-13(11)16-12(18)5-9-19-10-3-7-14-8-4-10/h1-2,6,10,14,17H,3-5,7-9H2,(H,15,16,18). The van der Waals surface area contributed by atoms with Crippen molar-refractivity contribution in [2.75, 3.05) is 25.0 Å². The largest absolute Gasteiger partial charge is 0.504 e. The molecule has 0 aromatic carbocycles. The van der Waals surface area contributed by atoms with Crippen LogP contribution in [0, 0.1) is 0 Å². The summed E-state index contributed by atoms with van der Waals surface area (Å²) < 4.78 is 5.64. The number of nitrogens with zero attached hydrogens (tertiary/aromatic N) is 1. The van der Waals surface area contributed by atoms with Crippen LogP contribution < -0.4 is 10.6 Å². The second-order valence-electron chi connectivity index (χ2n) is 4.49. The van der Waals surface area contributed by atoms with Gasteiger partial charge in [0.2, 0.25) is 5.91 Å². The fourth-order valence-electron chi connectivity index (χ4n) is 1.97. The topological polar surface area (TPSA) is 83.5 Å². The van der Waals surface area contributed by atoms with Crippen molar-refractivity contribution in [1.82, 2.24) is 10.3 Å². The number of carbonyl (C=O) groups is 1. The van der Waals surface area contributed by atoms with Crippen LogP contribution in [0.3, 0.4) is 0 Å². The lowest BCUT2D eigenvalue weighted by atomic mass is 10.1. The molecule has 1 saturated heterocycles. The van der Waals surface area contributed by atoms with Gasteiger partial charge in [0, 0.05) is 6.20 Å². The Bertz CT molecular complexity index is 419. The van der Waals surface area contributed by atoms with E-state index in [9.17, 15) is 9.90 Å². The highest BCUT2D eigenvalue weighted by molar-refractivity contribution is 5.90. The molecule has 3 N–H and O–H groups in total. The predicted octanol–water partition coefficient (Wildman–Crippen LogP) is 0.884. The molecule has 19 heavy (non-hydrogen) atoms. The number of anilines is 1. The van der Waals surface area contributed by atoms with Crippen LogP contribution in [0.2, 0.25) is 0 Å². The van der Waals surface area contributed by atoms with E-state index in [1.165, 1.54) is 12.3 Å². The number of hydrogen-bond acceptors (Lipinski definition) is 5. The molecule has 0 unspecified atom stereocenters. The third-order valence-corrected chi connectivity index (χ3v) is 3.01. The van der Waals surface area contributed by atoms with Gasteiger partial charge in [-0.05, 0) is 38.1 Å². The number of piperidine rings is 1. The number of nitrogens with one attached hydrogen (secondary N) is 2. The molecule has 2 rings (SSSR count). The number of hydrogen-bond donors (Lipinski definition) is 3. The average molecular weight is 265 g/mol. The maximum Gasteiger partial charge on any atom is 0.227 e. The van der Waals surface area contributed by atoms with Crippen molar-refractivity contribution in [3.05, 3.63) is 18.3 Å². The van der Waals surface area contributed by atoms with Crippen LogP contribution >= 0.6 is 0 Å². The Morgan fingerprint density at radius 1 is 1.53 bits per heavy atom. The second-order valence-corrected chi connectivity index (χ2v) is 4.49. The lowest BCUT2D eigenvalue weighted by molar-refractivity contribution is -0.117. The van der Waals surface area contributed by atoms with E-state index in [0.717, 1.165) is 25.9 Å². The molecule has 0 atom stereocenters. The molecule has 0 bridgehead atoms. The molecule has 1 aliphatic heterocycles. The van der Waals surface area contributed by atoms with E-state index in [-0.39, 0.29) is 30.0 Å². The van der Waals surface area contributed by atoms with Gasteiger partial charge in [0.1, 0.15) is 0 Å². The molecule has 1 fully saturated rings. The highest BCUT2D eigenvalue weighted by Crippen LogP contribution is 2.18. The number of pyridine rings is 1. The third-order valence-electron chi connectivity index (χ3n) is 3.01. The minimum Gasteiger partial charge on any atom is -0.504 e. The van der Waals surface area contributed by atoms with E-state index < -0.39 is 0 Å². The Labute approximate surface area is 112 Å². The van der Waals surface area contributed by atoms with E-state index >= 15 is 0 Å². The highest BCUT2D eigenvalue weighted by Gasteiger charge is 2.14. The highest BCUT2D eigenvalue weighted by atomic mass is 16.5. The molecule has 0 saturated carbocycles. The Balaban J connectivity index is 1.68. The number of aromatic hydroxyl groups is 1. The van der Waals surface area contributed by atoms with Gasteiger partial charge < -0.3 is 20.5 Å². The molecule has 0 aliphatic carbocycles. The molecule has 104 valence electrons. The summed E-state index contributed by atoms with van der Waals surface area (Å²) in [5.41, 5.74) is 0. The van der Waals surface area contributed by atoms with Crippen molar-refractivity contribution < 1.29 is 14.6 Å². The van der Waals surface area contributed by atoms with E-state index in [1.807, 2.05) is 0 Å². The van der Waals surface area contributed by atoms with E-state index in [1.54, 1.807) is 6.07 Å². The zero-order chi connectivity index (χ0) is 13.5. The number of carbonyl (C=O) groups excluding carboxylic acids is 1. The lowest BCUT2D eigenvalue weighted by Crippen LogP contribution is -2.33. The van der Waals surface area contributed by atoms with Crippen molar-refractivity contribution in [2.45, 2.75) is 25.4 Å². The smallest absolute Gasteiger partial charge is 0.227 e. The summed E-state index contributed by atoms with van der Waals surface area (Å²) in [7, 11) is 0. The number of amides is 1. The van der Waals surface area contributed by atoms with Crippen LogP contribution in [0.1, 0.15) is 19.3 Å². The van der Waals surface area contributed by atoms with Crippen molar-refractivity contribution in [2.24, 2.45) is 0 Å². The Morgan fingerprint density at radius 3 is 3.05 bits per heavy atom. The Hall–Kier alpha value is -1.66. The number of rotatable bonds is 5. The van der Waals surface area contributed by atoms with E-state index in [0.29, 0.717) is 6.61 Å². The van der Waals surface area contributed by atoms with Gasteiger partial charge in [0.25, 0.3) is 0 Å². The molecule has 0 radical (unpaired) electrons. The van der Waals surface area contributed by atoms with Gasteiger partial charge >= 0.3 is 0 Å². The summed E-state index contributed by atoms with van der Waals surface area (Å²) in [6.45, 7) is 2.33. The van der Waals surface area contributed by atoms with Gasteiger partial charge in [-0.2, -0.15) is 0 Å². The first-order valence-electron chi connectivity index (χ1n) is 6.52. The van der Waals surface area contributed by atoms with Crippen LogP contribution in [0.4, 0.5) is 5.82 Å². The van der Waals surface area contributed by atoms with Crippen LogP contribution in [0.15, 0.2) is 18.3 Å². The molecule has 1 aromatic heterocycles. The molecule has 0 spiro atoms. The molecule has 1 amide bonds. The van der Waals surface area contributed by atoms with Crippen molar-refractivity contribution in [1.29, 1.82) is 0 Å². The maximum absolute atomic E-state index is 11.7. The van der Waals surface area contributed by atoms with Gasteiger partial charge in [0.05, 0.1) is 19.1 Å². The molecular weight excluding hydrogens is 246 g/mol. The maximum atomic E-state index is 11.7. The third kappa shape index (κ3) is 4.50. The average Bonchev–Trinajstić information content (AvgIpc) is 2.43. The fraction of sp³-hybridized carbons (Fsp3) is 0.538. The Morgan fingerprint density at radius 2 is 2.32 bits per heavy atom. The molecular formula is C13H19N3O3. The Kier molecular flexibility index (Phi) is 5.11. The second kappa shape index (κ2) is 7.06.